The smallest absolute Gasteiger partial charge is 0.234 e. The summed E-state index contributed by atoms with van der Waals surface area (Å²) in [4.78, 5) is 22.3. The maximum absolute atomic E-state index is 11.3. The van der Waals surface area contributed by atoms with E-state index in [-0.39, 0.29) is 18.2 Å². The number of carbonyl (C=O) groups excluding carboxylic acids is 2. The van der Waals surface area contributed by atoms with Crippen LogP contribution in [0.2, 0.25) is 0 Å². The number of anilines is 1. The fraction of sp³-hybridized carbons (Fsp3) is 0.200. The van der Waals surface area contributed by atoms with E-state index in [0.717, 1.165) is 5.56 Å². The Morgan fingerprint density at radius 2 is 2.00 bits per heavy atom. The van der Waals surface area contributed by atoms with Crippen LogP contribution in [0.4, 0.5) is 5.69 Å². The van der Waals surface area contributed by atoms with Gasteiger partial charge in [-0.1, -0.05) is 18.2 Å². The summed E-state index contributed by atoms with van der Waals surface area (Å²) in [5.41, 5.74) is 7.01. The molecule has 0 aliphatic carbocycles. The summed E-state index contributed by atoms with van der Waals surface area (Å²) in [6.07, 6.45) is 0.201. The number of benzene rings is 1. The standard InChI is InChI=1S/C10H10N2O2/c11-8-4-2-1-3-6(8)7-5-9(13)12-10(7)14/h1-4,7H,5,11H2,(H,12,13,14)/t7-/m0/s1. The Morgan fingerprint density at radius 1 is 1.29 bits per heavy atom. The molecule has 0 aromatic heterocycles. The second-order valence-corrected chi connectivity index (χ2v) is 3.30. The zero-order valence-corrected chi connectivity index (χ0v) is 7.49. The van der Waals surface area contributed by atoms with Crippen molar-refractivity contribution in [2.45, 2.75) is 12.3 Å². The Bertz CT molecular complexity index is 401. The molecular formula is C10H10N2O2. The molecule has 4 heteroatoms. The van der Waals surface area contributed by atoms with Crippen LogP contribution in [0.3, 0.4) is 0 Å². The second-order valence-electron chi connectivity index (χ2n) is 3.30. The zero-order valence-electron chi connectivity index (χ0n) is 7.49. The van der Waals surface area contributed by atoms with Crippen molar-refractivity contribution in [1.29, 1.82) is 0 Å². The van der Waals surface area contributed by atoms with Gasteiger partial charge in [0.1, 0.15) is 0 Å². The molecule has 3 N–H and O–H groups in total. The molecule has 1 aromatic carbocycles. The van der Waals surface area contributed by atoms with Crippen molar-refractivity contribution in [3.63, 3.8) is 0 Å². The van der Waals surface area contributed by atoms with Crippen molar-refractivity contribution in [3.05, 3.63) is 29.8 Å². The minimum Gasteiger partial charge on any atom is -0.398 e. The average molecular weight is 190 g/mol. The van der Waals surface area contributed by atoms with Crippen LogP contribution in [0.15, 0.2) is 24.3 Å². The number of hydrogen-bond acceptors (Lipinski definition) is 3. The van der Waals surface area contributed by atoms with Gasteiger partial charge in [-0.15, -0.1) is 0 Å². The van der Waals surface area contributed by atoms with Crippen LogP contribution in [-0.4, -0.2) is 11.8 Å². The Balaban J connectivity index is 2.36. The van der Waals surface area contributed by atoms with Gasteiger partial charge in [-0.2, -0.15) is 0 Å². The SMILES string of the molecule is Nc1ccccc1[C@@H]1CC(=O)NC1=O. The number of amides is 2. The highest BCUT2D eigenvalue weighted by Crippen LogP contribution is 2.28. The summed E-state index contributed by atoms with van der Waals surface area (Å²) in [6, 6.07) is 7.11. The minimum absolute atomic E-state index is 0.201. The fourth-order valence-electron chi connectivity index (χ4n) is 1.63. The van der Waals surface area contributed by atoms with Crippen LogP contribution >= 0.6 is 0 Å². The van der Waals surface area contributed by atoms with E-state index in [2.05, 4.69) is 5.32 Å². The van der Waals surface area contributed by atoms with Crippen LogP contribution in [0.25, 0.3) is 0 Å². The van der Waals surface area contributed by atoms with Gasteiger partial charge < -0.3 is 5.73 Å². The van der Waals surface area contributed by atoms with Gasteiger partial charge in [0, 0.05) is 12.1 Å². The van der Waals surface area contributed by atoms with Crippen molar-refractivity contribution < 1.29 is 9.59 Å². The van der Waals surface area contributed by atoms with Gasteiger partial charge in [0.05, 0.1) is 5.92 Å². The normalized spacial score (nSPS) is 21.0. The van der Waals surface area contributed by atoms with Gasteiger partial charge in [-0.3, -0.25) is 14.9 Å². The topological polar surface area (TPSA) is 72.2 Å². The number of carbonyl (C=O) groups is 2. The third kappa shape index (κ3) is 1.35. The number of nitrogens with one attached hydrogen (secondary N) is 1. The molecule has 2 amide bonds. The summed E-state index contributed by atoms with van der Waals surface area (Å²) < 4.78 is 0. The second kappa shape index (κ2) is 3.14. The van der Waals surface area contributed by atoms with Gasteiger partial charge in [-0.05, 0) is 11.6 Å². The summed E-state index contributed by atoms with van der Waals surface area (Å²) in [5, 5.41) is 2.26. The number of para-hydroxylation sites is 1. The van der Waals surface area contributed by atoms with Crippen LogP contribution in [-0.2, 0) is 9.59 Å². The Hall–Kier alpha value is -1.84. The lowest BCUT2D eigenvalue weighted by Gasteiger charge is -2.08. The third-order valence-electron chi connectivity index (χ3n) is 2.34. The van der Waals surface area contributed by atoms with E-state index < -0.39 is 5.92 Å². The molecule has 72 valence electrons. The van der Waals surface area contributed by atoms with Crippen molar-refractivity contribution >= 4 is 17.5 Å². The molecule has 1 aliphatic rings. The Kier molecular flexibility index (Phi) is 1.96. The van der Waals surface area contributed by atoms with Gasteiger partial charge in [0.15, 0.2) is 0 Å². The van der Waals surface area contributed by atoms with Crippen LogP contribution in [0, 0.1) is 0 Å². The van der Waals surface area contributed by atoms with Gasteiger partial charge >= 0.3 is 0 Å². The first-order valence-corrected chi connectivity index (χ1v) is 4.36. The number of nitrogen functional groups attached to an aromatic ring is 1. The van der Waals surface area contributed by atoms with Crippen molar-refractivity contribution in [1.82, 2.24) is 5.32 Å². The summed E-state index contributed by atoms with van der Waals surface area (Å²) in [7, 11) is 0. The predicted molar refractivity (Wildman–Crippen MR) is 51.4 cm³/mol. The Morgan fingerprint density at radius 3 is 2.57 bits per heavy atom. The largest absolute Gasteiger partial charge is 0.398 e. The van der Waals surface area contributed by atoms with E-state index in [0.29, 0.717) is 5.69 Å². The maximum Gasteiger partial charge on any atom is 0.234 e. The van der Waals surface area contributed by atoms with Gasteiger partial charge in [0.2, 0.25) is 11.8 Å². The quantitative estimate of drug-likeness (QED) is 0.497. The highest BCUT2D eigenvalue weighted by molar-refractivity contribution is 6.06. The Labute approximate surface area is 81.1 Å². The molecule has 1 atom stereocenters. The predicted octanol–water partition coefficient (Wildman–Crippen LogP) is 0.399. The van der Waals surface area contributed by atoms with Crippen molar-refractivity contribution in [2.75, 3.05) is 5.73 Å². The first kappa shape index (κ1) is 8.74. The van der Waals surface area contributed by atoms with Crippen LogP contribution < -0.4 is 11.1 Å². The molecule has 2 rings (SSSR count). The van der Waals surface area contributed by atoms with E-state index in [1.165, 1.54) is 0 Å². The van der Waals surface area contributed by atoms with E-state index in [1.54, 1.807) is 18.2 Å². The number of nitrogens with two attached hydrogens (primary N) is 1. The average Bonchev–Trinajstić information content (AvgIpc) is 2.46. The molecule has 1 heterocycles. The van der Waals surface area contributed by atoms with E-state index in [4.69, 9.17) is 5.73 Å². The third-order valence-corrected chi connectivity index (χ3v) is 2.34. The molecule has 0 spiro atoms. The molecule has 14 heavy (non-hydrogen) atoms. The summed E-state index contributed by atoms with van der Waals surface area (Å²) in [6.45, 7) is 0. The lowest BCUT2D eigenvalue weighted by atomic mass is 9.96. The fourth-order valence-corrected chi connectivity index (χ4v) is 1.63. The lowest BCUT2D eigenvalue weighted by Crippen LogP contribution is -2.21. The first-order valence-electron chi connectivity index (χ1n) is 4.36. The van der Waals surface area contributed by atoms with E-state index in [1.807, 2.05) is 6.07 Å². The molecule has 0 radical (unpaired) electrons. The van der Waals surface area contributed by atoms with Crippen molar-refractivity contribution in [2.24, 2.45) is 0 Å². The molecule has 1 aliphatic heterocycles. The van der Waals surface area contributed by atoms with E-state index >= 15 is 0 Å². The van der Waals surface area contributed by atoms with E-state index in [9.17, 15) is 9.59 Å². The molecule has 0 saturated carbocycles. The lowest BCUT2D eigenvalue weighted by molar-refractivity contribution is -0.125. The highest BCUT2D eigenvalue weighted by Gasteiger charge is 2.32. The van der Waals surface area contributed by atoms with Crippen LogP contribution in [0.1, 0.15) is 17.9 Å². The van der Waals surface area contributed by atoms with Crippen LogP contribution in [0.5, 0.6) is 0 Å². The molecule has 1 saturated heterocycles. The summed E-state index contributed by atoms with van der Waals surface area (Å²) >= 11 is 0. The monoisotopic (exact) mass is 190 g/mol. The number of imide groups is 1. The molecule has 4 nitrogen and oxygen atoms in total. The van der Waals surface area contributed by atoms with Gasteiger partial charge in [0.25, 0.3) is 0 Å². The highest BCUT2D eigenvalue weighted by atomic mass is 16.2. The minimum atomic E-state index is -0.413. The molecular weight excluding hydrogens is 180 g/mol. The zero-order chi connectivity index (χ0) is 10.1. The molecule has 1 aromatic rings. The van der Waals surface area contributed by atoms with Crippen molar-refractivity contribution in [3.8, 4) is 0 Å². The van der Waals surface area contributed by atoms with Gasteiger partial charge in [-0.25, -0.2) is 0 Å². The molecule has 0 bridgehead atoms. The number of rotatable bonds is 1. The molecule has 1 fully saturated rings. The first-order chi connectivity index (χ1) is 6.68. The summed E-state index contributed by atoms with van der Waals surface area (Å²) in [5.74, 6) is -0.903. The molecule has 0 unspecified atom stereocenters. The maximum atomic E-state index is 11.3. The number of hydrogen-bond donors (Lipinski definition) is 2.